The van der Waals surface area contributed by atoms with E-state index in [1.807, 2.05) is 19.9 Å². The van der Waals surface area contributed by atoms with E-state index in [0.717, 1.165) is 11.1 Å². The first kappa shape index (κ1) is 17.9. The van der Waals surface area contributed by atoms with Crippen molar-refractivity contribution in [1.29, 1.82) is 0 Å². The van der Waals surface area contributed by atoms with Crippen molar-refractivity contribution in [1.82, 2.24) is 0 Å². The number of alkyl halides is 3. The number of hydrogen-bond donors (Lipinski definition) is 0. The third-order valence-corrected chi connectivity index (χ3v) is 6.04. The van der Waals surface area contributed by atoms with E-state index < -0.39 is 25.6 Å². The Bertz CT molecular complexity index is 698. The number of aryl methyl sites for hydroxylation is 2. The number of nitrogens with zero attached hydrogens (tertiary/aromatic N) is 1. The molecule has 0 aliphatic carbocycles. The molecule has 1 aromatic carbocycles. The van der Waals surface area contributed by atoms with Gasteiger partial charge in [-0.25, -0.2) is 8.42 Å². The molecule has 0 bridgehead atoms. The molecular weight excluding hydrogens is 369 g/mol. The van der Waals surface area contributed by atoms with Crippen molar-refractivity contribution in [3.05, 3.63) is 29.3 Å². The lowest BCUT2D eigenvalue weighted by Crippen LogP contribution is -2.47. The first-order valence-electron chi connectivity index (χ1n) is 6.69. The van der Waals surface area contributed by atoms with Crippen LogP contribution in [0.15, 0.2) is 18.2 Å². The zero-order valence-corrected chi connectivity index (χ0v) is 15.2. The predicted molar refractivity (Wildman–Crippen MR) is 90.8 cm³/mol. The van der Waals surface area contributed by atoms with Crippen LogP contribution in [0.5, 0.6) is 0 Å². The molecule has 1 aliphatic rings. The first-order valence-corrected chi connectivity index (χ1v) is 9.65. The number of anilines is 1. The summed E-state index contributed by atoms with van der Waals surface area (Å²) >= 11 is 17.2. The summed E-state index contributed by atoms with van der Waals surface area (Å²) in [5.41, 5.74) is 2.58. The van der Waals surface area contributed by atoms with Crippen LogP contribution in [-0.2, 0) is 14.6 Å². The molecular formula is C14H16Cl3NO3S. The largest absolute Gasteiger partial charge is 0.305 e. The van der Waals surface area contributed by atoms with Gasteiger partial charge >= 0.3 is 0 Å². The normalized spacial score (nSPS) is 20.9. The maximum absolute atomic E-state index is 12.5. The summed E-state index contributed by atoms with van der Waals surface area (Å²) in [6.45, 7) is 3.85. The average Bonchev–Trinajstić information content (AvgIpc) is 2.73. The molecule has 1 saturated heterocycles. The summed E-state index contributed by atoms with van der Waals surface area (Å²) in [6, 6.07) is 4.87. The van der Waals surface area contributed by atoms with Gasteiger partial charge in [-0.05, 0) is 43.5 Å². The third kappa shape index (κ3) is 3.88. The Labute approximate surface area is 145 Å². The summed E-state index contributed by atoms with van der Waals surface area (Å²) < 4.78 is 21.3. The van der Waals surface area contributed by atoms with Crippen molar-refractivity contribution in [2.75, 3.05) is 16.4 Å². The number of benzene rings is 1. The van der Waals surface area contributed by atoms with Crippen LogP contribution in [0.3, 0.4) is 0 Å². The van der Waals surface area contributed by atoms with E-state index in [1.165, 1.54) is 4.90 Å². The van der Waals surface area contributed by atoms with Crippen molar-refractivity contribution in [3.8, 4) is 0 Å². The highest BCUT2D eigenvalue weighted by Crippen LogP contribution is 2.34. The lowest BCUT2D eigenvalue weighted by atomic mass is 10.1. The Morgan fingerprint density at radius 2 is 1.86 bits per heavy atom. The lowest BCUT2D eigenvalue weighted by Gasteiger charge is -2.31. The van der Waals surface area contributed by atoms with Crippen molar-refractivity contribution in [2.45, 2.75) is 30.1 Å². The van der Waals surface area contributed by atoms with Gasteiger partial charge in [0.25, 0.3) is 9.70 Å². The molecule has 4 nitrogen and oxygen atoms in total. The van der Waals surface area contributed by atoms with Crippen LogP contribution in [0, 0.1) is 13.8 Å². The fraction of sp³-hybridized carbons (Fsp3) is 0.500. The number of halogens is 3. The standard InChI is InChI=1S/C14H16Cl3NO3S/c1-9-3-4-11(7-10(9)2)18(13(19)14(15,16)17)12-5-6-22(20,21)8-12/h3-4,7,12H,5-6,8H2,1-2H3. The Morgan fingerprint density at radius 1 is 1.23 bits per heavy atom. The second-order valence-electron chi connectivity index (χ2n) is 5.50. The van der Waals surface area contributed by atoms with E-state index in [4.69, 9.17) is 34.8 Å². The Morgan fingerprint density at radius 3 is 2.32 bits per heavy atom. The minimum Gasteiger partial charge on any atom is -0.305 e. The van der Waals surface area contributed by atoms with Crippen LogP contribution in [0.2, 0.25) is 0 Å². The summed E-state index contributed by atoms with van der Waals surface area (Å²) in [4.78, 5) is 13.8. The number of amides is 1. The molecule has 8 heteroatoms. The van der Waals surface area contributed by atoms with Crippen LogP contribution in [-0.4, -0.2) is 35.7 Å². The Kier molecular flexibility index (Phi) is 5.03. The molecule has 1 heterocycles. The highest BCUT2D eigenvalue weighted by molar-refractivity contribution is 7.91. The fourth-order valence-corrected chi connectivity index (χ4v) is 4.46. The number of carbonyl (C=O) groups excluding carboxylic acids is 1. The molecule has 1 fully saturated rings. The minimum absolute atomic E-state index is 0.0339. The number of hydrogen-bond acceptors (Lipinski definition) is 3. The second kappa shape index (κ2) is 6.19. The van der Waals surface area contributed by atoms with Gasteiger partial charge < -0.3 is 4.90 Å². The summed E-state index contributed by atoms with van der Waals surface area (Å²) in [7, 11) is -3.17. The molecule has 1 unspecified atom stereocenters. The summed E-state index contributed by atoms with van der Waals surface area (Å²) in [5.74, 6) is -0.818. The maximum Gasteiger partial charge on any atom is 0.279 e. The van der Waals surface area contributed by atoms with E-state index >= 15 is 0 Å². The smallest absolute Gasteiger partial charge is 0.279 e. The third-order valence-electron chi connectivity index (χ3n) is 3.80. The van der Waals surface area contributed by atoms with Crippen molar-refractivity contribution in [2.24, 2.45) is 0 Å². The fourth-order valence-electron chi connectivity index (χ4n) is 2.48. The molecule has 122 valence electrons. The molecule has 1 aromatic rings. The zero-order valence-electron chi connectivity index (χ0n) is 12.1. The monoisotopic (exact) mass is 383 g/mol. The van der Waals surface area contributed by atoms with Crippen LogP contribution in [0.1, 0.15) is 17.5 Å². The molecule has 0 N–H and O–H groups in total. The Hall–Kier alpha value is -0.490. The first-order chi connectivity index (χ1) is 10.0. The van der Waals surface area contributed by atoms with Crippen molar-refractivity contribution < 1.29 is 13.2 Å². The van der Waals surface area contributed by atoms with Gasteiger partial charge in [-0.3, -0.25) is 4.79 Å². The predicted octanol–water partition coefficient (Wildman–Crippen LogP) is 3.19. The van der Waals surface area contributed by atoms with Gasteiger partial charge in [-0.2, -0.15) is 0 Å². The number of rotatable bonds is 2. The van der Waals surface area contributed by atoms with E-state index in [0.29, 0.717) is 12.1 Å². The number of sulfone groups is 1. The highest BCUT2D eigenvalue weighted by Gasteiger charge is 2.42. The van der Waals surface area contributed by atoms with Crippen LogP contribution in [0.25, 0.3) is 0 Å². The van der Waals surface area contributed by atoms with E-state index in [9.17, 15) is 13.2 Å². The van der Waals surface area contributed by atoms with Crippen LogP contribution in [0.4, 0.5) is 5.69 Å². The van der Waals surface area contributed by atoms with Gasteiger partial charge in [-0.15, -0.1) is 0 Å². The molecule has 22 heavy (non-hydrogen) atoms. The molecule has 1 atom stereocenters. The van der Waals surface area contributed by atoms with E-state index in [-0.39, 0.29) is 11.5 Å². The topological polar surface area (TPSA) is 54.5 Å². The molecule has 1 aliphatic heterocycles. The van der Waals surface area contributed by atoms with Crippen molar-refractivity contribution >= 4 is 56.2 Å². The van der Waals surface area contributed by atoms with Gasteiger partial charge in [0, 0.05) is 5.69 Å². The lowest BCUT2D eigenvalue weighted by molar-refractivity contribution is -0.118. The van der Waals surface area contributed by atoms with Gasteiger partial charge in [0.1, 0.15) is 0 Å². The molecule has 0 radical (unpaired) electrons. The molecule has 2 rings (SSSR count). The molecule has 0 saturated carbocycles. The molecule has 1 amide bonds. The average molecular weight is 385 g/mol. The quantitative estimate of drug-likeness (QED) is 0.736. The van der Waals surface area contributed by atoms with Gasteiger partial charge in [-0.1, -0.05) is 40.9 Å². The number of carbonyl (C=O) groups is 1. The van der Waals surface area contributed by atoms with Gasteiger partial charge in [0.15, 0.2) is 9.84 Å². The van der Waals surface area contributed by atoms with Crippen LogP contribution < -0.4 is 4.90 Å². The maximum atomic E-state index is 12.5. The minimum atomic E-state index is -3.17. The van der Waals surface area contributed by atoms with Gasteiger partial charge in [0.2, 0.25) is 0 Å². The summed E-state index contributed by atoms with van der Waals surface area (Å²) in [5, 5.41) is 0. The van der Waals surface area contributed by atoms with Crippen molar-refractivity contribution in [3.63, 3.8) is 0 Å². The van der Waals surface area contributed by atoms with E-state index in [1.54, 1.807) is 12.1 Å². The Balaban J connectivity index is 2.46. The van der Waals surface area contributed by atoms with E-state index in [2.05, 4.69) is 0 Å². The van der Waals surface area contributed by atoms with Gasteiger partial charge in [0.05, 0.1) is 17.5 Å². The molecule has 0 spiro atoms. The second-order valence-corrected chi connectivity index (χ2v) is 10.0. The van der Waals surface area contributed by atoms with Crippen LogP contribution >= 0.6 is 34.8 Å². The summed E-state index contributed by atoms with van der Waals surface area (Å²) in [6.07, 6.45) is 0.335. The highest BCUT2D eigenvalue weighted by atomic mass is 35.6. The molecule has 0 aromatic heterocycles. The zero-order chi connectivity index (χ0) is 16.7. The SMILES string of the molecule is Cc1ccc(N(C(=O)C(Cl)(Cl)Cl)C2CCS(=O)(=O)C2)cc1C.